The lowest BCUT2D eigenvalue weighted by Gasteiger charge is -2.13. The van der Waals surface area contributed by atoms with Crippen molar-refractivity contribution in [3.63, 3.8) is 0 Å². The van der Waals surface area contributed by atoms with Crippen LogP contribution >= 0.6 is 0 Å². The average molecular weight is 175 g/mol. The molecule has 0 saturated heterocycles. The zero-order valence-electron chi connectivity index (χ0n) is 6.44. The number of hydrogen-bond acceptors (Lipinski definition) is 1. The van der Waals surface area contributed by atoms with Crippen molar-refractivity contribution in [2.24, 2.45) is 5.73 Å². The largest absolute Gasteiger partial charge is 0.327 e. The van der Waals surface area contributed by atoms with Crippen LogP contribution in [0.4, 0.5) is 13.2 Å². The molecular weight excluding hydrogens is 167 g/mol. The molecule has 0 aliphatic carbocycles. The fourth-order valence-electron chi connectivity index (χ4n) is 0.969. The molecule has 0 aliphatic heterocycles. The molecule has 12 heavy (non-hydrogen) atoms. The molecular formula is C8H8F3N. The molecule has 0 aliphatic rings. The molecule has 0 aromatic heterocycles. The number of rotatable bonds is 1. The Bertz CT molecular complexity index is 291. The monoisotopic (exact) mass is 175 g/mol. The molecule has 0 heterocycles. The van der Waals surface area contributed by atoms with Gasteiger partial charge in [-0.1, -0.05) is 12.1 Å². The van der Waals surface area contributed by atoms with Gasteiger partial charge >= 0.3 is 6.05 Å². The molecule has 66 valence electrons. The summed E-state index contributed by atoms with van der Waals surface area (Å²) >= 11 is 0. The smallest absolute Gasteiger partial charge is 0.268 e. The Morgan fingerprint density at radius 2 is 1.92 bits per heavy atom. The van der Waals surface area contributed by atoms with Gasteiger partial charge in [0.05, 0.1) is 0 Å². The van der Waals surface area contributed by atoms with E-state index in [1.807, 2.05) is 0 Å². The van der Waals surface area contributed by atoms with E-state index in [-0.39, 0.29) is 5.56 Å². The van der Waals surface area contributed by atoms with Crippen LogP contribution in [0.3, 0.4) is 0 Å². The molecule has 1 nitrogen and oxygen atoms in total. The number of hydrogen-bond donors (Lipinski definition) is 1. The maximum atomic E-state index is 12.7. The summed E-state index contributed by atoms with van der Waals surface area (Å²) in [4.78, 5) is 0. The highest BCUT2D eigenvalue weighted by Gasteiger charge is 2.27. The minimum atomic E-state index is -3.47. The van der Waals surface area contributed by atoms with Crippen molar-refractivity contribution in [2.45, 2.75) is 13.0 Å². The average Bonchev–Trinajstić information content (AvgIpc) is 1.92. The van der Waals surface area contributed by atoms with Crippen molar-refractivity contribution in [1.29, 1.82) is 0 Å². The second-order valence-corrected chi connectivity index (χ2v) is 2.54. The van der Waals surface area contributed by atoms with Gasteiger partial charge in [-0.15, -0.1) is 0 Å². The van der Waals surface area contributed by atoms with E-state index < -0.39 is 17.4 Å². The van der Waals surface area contributed by atoms with Crippen LogP contribution in [0.5, 0.6) is 0 Å². The van der Waals surface area contributed by atoms with E-state index >= 15 is 0 Å². The van der Waals surface area contributed by atoms with Crippen molar-refractivity contribution in [3.8, 4) is 0 Å². The van der Waals surface area contributed by atoms with Crippen LogP contribution in [0.15, 0.2) is 18.2 Å². The highest BCUT2D eigenvalue weighted by molar-refractivity contribution is 5.30. The Labute approximate surface area is 68.0 Å². The topological polar surface area (TPSA) is 26.0 Å². The molecule has 0 fully saturated rings. The van der Waals surface area contributed by atoms with Crippen LogP contribution in [-0.2, 0) is 6.05 Å². The van der Waals surface area contributed by atoms with Gasteiger partial charge < -0.3 is 0 Å². The molecule has 0 spiro atoms. The first-order chi connectivity index (χ1) is 5.43. The zero-order chi connectivity index (χ0) is 9.35. The van der Waals surface area contributed by atoms with E-state index in [9.17, 15) is 13.2 Å². The zero-order valence-corrected chi connectivity index (χ0v) is 6.44. The SMILES string of the molecule is Cc1c(F)cccc1C(N)(F)F. The molecule has 1 rings (SSSR count). The molecule has 0 bridgehead atoms. The third kappa shape index (κ3) is 1.58. The summed E-state index contributed by atoms with van der Waals surface area (Å²) in [7, 11) is 0. The summed E-state index contributed by atoms with van der Waals surface area (Å²) in [6.07, 6.45) is 0. The Hall–Kier alpha value is -1.03. The first kappa shape index (κ1) is 9.06. The van der Waals surface area contributed by atoms with Gasteiger partial charge in [-0.05, 0) is 18.6 Å². The Morgan fingerprint density at radius 1 is 1.33 bits per heavy atom. The minimum Gasteiger partial charge on any atom is -0.268 e. The van der Waals surface area contributed by atoms with Gasteiger partial charge in [0.1, 0.15) is 5.82 Å². The summed E-state index contributed by atoms with van der Waals surface area (Å²) < 4.78 is 37.7. The predicted molar refractivity (Wildman–Crippen MR) is 39.2 cm³/mol. The maximum Gasteiger partial charge on any atom is 0.327 e. The van der Waals surface area contributed by atoms with Crippen molar-refractivity contribution < 1.29 is 13.2 Å². The fourth-order valence-corrected chi connectivity index (χ4v) is 0.969. The number of alkyl halides is 2. The summed E-state index contributed by atoms with van der Waals surface area (Å²) in [6.45, 7) is 1.27. The van der Waals surface area contributed by atoms with Crippen molar-refractivity contribution in [3.05, 3.63) is 35.1 Å². The van der Waals surface area contributed by atoms with Crippen LogP contribution < -0.4 is 5.73 Å². The lowest BCUT2D eigenvalue weighted by molar-refractivity contribution is 0.00200. The quantitative estimate of drug-likeness (QED) is 0.650. The van der Waals surface area contributed by atoms with E-state index in [1.165, 1.54) is 13.0 Å². The van der Waals surface area contributed by atoms with Crippen LogP contribution in [0.25, 0.3) is 0 Å². The molecule has 1 aromatic rings. The van der Waals surface area contributed by atoms with Crippen LogP contribution in [0, 0.1) is 12.7 Å². The van der Waals surface area contributed by atoms with Gasteiger partial charge in [-0.25, -0.2) is 4.39 Å². The van der Waals surface area contributed by atoms with Gasteiger partial charge in [-0.3, -0.25) is 5.73 Å². The second kappa shape index (κ2) is 2.79. The number of benzene rings is 1. The van der Waals surface area contributed by atoms with E-state index in [0.717, 1.165) is 12.1 Å². The molecule has 1 aromatic carbocycles. The first-order valence-electron chi connectivity index (χ1n) is 3.35. The molecule has 2 N–H and O–H groups in total. The fraction of sp³-hybridized carbons (Fsp3) is 0.250. The van der Waals surface area contributed by atoms with E-state index in [4.69, 9.17) is 0 Å². The third-order valence-corrected chi connectivity index (χ3v) is 1.63. The van der Waals surface area contributed by atoms with Crippen LogP contribution in [0.2, 0.25) is 0 Å². The molecule has 0 atom stereocenters. The number of nitrogens with two attached hydrogens (primary N) is 1. The lowest BCUT2D eigenvalue weighted by Crippen LogP contribution is -2.26. The highest BCUT2D eigenvalue weighted by atomic mass is 19.3. The lowest BCUT2D eigenvalue weighted by atomic mass is 10.1. The van der Waals surface area contributed by atoms with Gasteiger partial charge in [0, 0.05) is 5.56 Å². The standard InChI is InChI=1S/C8H8F3N/c1-5-6(8(10,11)12)3-2-4-7(5)9/h2-4H,12H2,1H3. The molecule has 0 radical (unpaired) electrons. The molecule has 0 unspecified atom stereocenters. The number of halogens is 3. The summed E-state index contributed by atoms with van der Waals surface area (Å²) in [5.41, 5.74) is 3.95. The Balaban J connectivity index is 3.26. The predicted octanol–water partition coefficient (Wildman–Crippen LogP) is 2.14. The first-order valence-corrected chi connectivity index (χ1v) is 3.35. The van der Waals surface area contributed by atoms with E-state index in [2.05, 4.69) is 5.73 Å². The van der Waals surface area contributed by atoms with Gasteiger partial charge in [0.2, 0.25) is 0 Å². The molecule has 0 amide bonds. The van der Waals surface area contributed by atoms with Gasteiger partial charge in [-0.2, -0.15) is 8.78 Å². The summed E-state index contributed by atoms with van der Waals surface area (Å²) in [6, 6.07) is -0.0341. The van der Waals surface area contributed by atoms with Crippen molar-refractivity contribution in [2.75, 3.05) is 0 Å². The normalized spacial score (nSPS) is 11.8. The van der Waals surface area contributed by atoms with E-state index in [1.54, 1.807) is 0 Å². The van der Waals surface area contributed by atoms with Gasteiger partial charge in [0.15, 0.2) is 0 Å². The van der Waals surface area contributed by atoms with Crippen LogP contribution in [0.1, 0.15) is 11.1 Å². The molecule has 4 heteroatoms. The van der Waals surface area contributed by atoms with E-state index in [0.29, 0.717) is 0 Å². The Morgan fingerprint density at radius 3 is 2.33 bits per heavy atom. The minimum absolute atomic E-state index is 0.106. The van der Waals surface area contributed by atoms with Crippen molar-refractivity contribution in [1.82, 2.24) is 0 Å². The maximum absolute atomic E-state index is 12.7. The second-order valence-electron chi connectivity index (χ2n) is 2.54. The van der Waals surface area contributed by atoms with Crippen LogP contribution in [-0.4, -0.2) is 0 Å². The highest BCUT2D eigenvalue weighted by Crippen LogP contribution is 2.25. The summed E-state index contributed by atoms with van der Waals surface area (Å²) in [5.74, 6) is -0.669. The molecule has 0 saturated carbocycles. The Kier molecular flexibility index (Phi) is 2.10. The summed E-state index contributed by atoms with van der Waals surface area (Å²) in [5, 5.41) is 0. The third-order valence-electron chi connectivity index (χ3n) is 1.63. The van der Waals surface area contributed by atoms with Crippen molar-refractivity contribution >= 4 is 0 Å². The van der Waals surface area contributed by atoms with Gasteiger partial charge in [0.25, 0.3) is 0 Å².